The molecule has 25 heavy (non-hydrogen) atoms. The predicted octanol–water partition coefficient (Wildman–Crippen LogP) is 3.79. The van der Waals surface area contributed by atoms with Crippen molar-refractivity contribution in [3.63, 3.8) is 0 Å². The van der Waals surface area contributed by atoms with Crippen LogP contribution in [0.25, 0.3) is 11.5 Å². The molecule has 1 aromatic carbocycles. The van der Waals surface area contributed by atoms with Gasteiger partial charge >= 0.3 is 0 Å². The average Bonchev–Trinajstić information content (AvgIpc) is 3.03. The first kappa shape index (κ1) is 17.2. The minimum atomic E-state index is -0.0664. The van der Waals surface area contributed by atoms with E-state index < -0.39 is 0 Å². The molecule has 0 bridgehead atoms. The molecule has 1 N–H and O–H groups in total. The van der Waals surface area contributed by atoms with Crippen LogP contribution < -0.4 is 5.32 Å². The average molecular weight is 354 g/mol. The molecule has 0 aliphatic rings. The lowest BCUT2D eigenvalue weighted by atomic mass is 10.1. The molecule has 0 spiro atoms. The molecule has 1 amide bonds. The van der Waals surface area contributed by atoms with E-state index in [0.717, 1.165) is 27.4 Å². The van der Waals surface area contributed by atoms with E-state index in [0.29, 0.717) is 11.7 Å². The summed E-state index contributed by atoms with van der Waals surface area (Å²) in [6, 6.07) is 9.57. The lowest BCUT2D eigenvalue weighted by molar-refractivity contribution is -0.113. The summed E-state index contributed by atoms with van der Waals surface area (Å²) in [5.74, 6) is 1.23. The molecule has 128 valence electrons. The third-order valence-electron chi connectivity index (χ3n) is 3.61. The van der Waals surface area contributed by atoms with Gasteiger partial charge in [-0.05, 0) is 44.0 Å². The van der Waals surface area contributed by atoms with Gasteiger partial charge in [-0.2, -0.15) is 4.98 Å². The molecule has 7 heteroatoms. The number of benzene rings is 1. The highest BCUT2D eigenvalue weighted by Crippen LogP contribution is 2.24. The van der Waals surface area contributed by atoms with E-state index in [2.05, 4.69) is 20.4 Å². The Morgan fingerprint density at radius 2 is 1.96 bits per heavy atom. The molecule has 0 aliphatic carbocycles. The van der Waals surface area contributed by atoms with Gasteiger partial charge in [-0.25, -0.2) is 4.98 Å². The van der Waals surface area contributed by atoms with Crippen LogP contribution in [0.4, 0.5) is 5.69 Å². The number of thioether (sulfide) groups is 1. The highest BCUT2D eigenvalue weighted by atomic mass is 32.2. The Morgan fingerprint density at radius 3 is 2.64 bits per heavy atom. The van der Waals surface area contributed by atoms with Crippen molar-refractivity contribution in [2.24, 2.45) is 0 Å². The van der Waals surface area contributed by atoms with E-state index in [9.17, 15) is 4.79 Å². The fraction of sp³-hybridized carbons (Fsp3) is 0.222. The van der Waals surface area contributed by atoms with Crippen LogP contribution in [0.3, 0.4) is 0 Å². The number of nitrogens with zero attached hydrogens (tertiary/aromatic N) is 3. The van der Waals surface area contributed by atoms with E-state index in [1.807, 2.05) is 38.1 Å². The van der Waals surface area contributed by atoms with Crippen LogP contribution in [0.2, 0.25) is 0 Å². The van der Waals surface area contributed by atoms with Gasteiger partial charge in [-0.15, -0.1) is 0 Å². The van der Waals surface area contributed by atoms with Crippen LogP contribution in [0.5, 0.6) is 0 Å². The van der Waals surface area contributed by atoms with E-state index >= 15 is 0 Å². The monoisotopic (exact) mass is 354 g/mol. The van der Waals surface area contributed by atoms with Crippen LogP contribution in [-0.2, 0) is 4.79 Å². The smallest absolute Gasteiger partial charge is 0.258 e. The van der Waals surface area contributed by atoms with Crippen LogP contribution in [-0.4, -0.2) is 26.8 Å². The van der Waals surface area contributed by atoms with E-state index in [1.165, 1.54) is 11.8 Å². The standard InChI is InChI=1S/C18H18N4O2S/c1-11-5-4-6-12(2)17(11)21-15(23)10-25-16-9-14(7-8-19-16)18-20-13(3)22-24-18/h4-9H,10H2,1-3H3,(H,21,23). The number of nitrogens with one attached hydrogen (secondary N) is 1. The fourth-order valence-corrected chi connectivity index (χ4v) is 3.06. The molecule has 0 atom stereocenters. The summed E-state index contributed by atoms with van der Waals surface area (Å²) in [4.78, 5) is 20.7. The Kier molecular flexibility index (Phi) is 5.14. The topological polar surface area (TPSA) is 80.9 Å². The molecule has 2 aromatic heterocycles. The van der Waals surface area contributed by atoms with Crippen molar-refractivity contribution >= 4 is 23.4 Å². The number of aryl methyl sites for hydroxylation is 3. The molecule has 6 nitrogen and oxygen atoms in total. The van der Waals surface area contributed by atoms with Crippen LogP contribution in [0.1, 0.15) is 17.0 Å². The zero-order chi connectivity index (χ0) is 17.8. The molecule has 0 unspecified atom stereocenters. The van der Waals surface area contributed by atoms with Gasteiger partial charge in [0.25, 0.3) is 5.89 Å². The van der Waals surface area contributed by atoms with Crippen molar-refractivity contribution in [1.29, 1.82) is 0 Å². The molecular formula is C18H18N4O2S. The van der Waals surface area contributed by atoms with Gasteiger partial charge in [-0.3, -0.25) is 4.79 Å². The van der Waals surface area contributed by atoms with Crippen molar-refractivity contribution in [2.45, 2.75) is 25.8 Å². The second-order valence-electron chi connectivity index (χ2n) is 5.63. The van der Waals surface area contributed by atoms with Gasteiger partial charge in [0.1, 0.15) is 0 Å². The maximum atomic E-state index is 12.2. The third-order valence-corrected chi connectivity index (χ3v) is 4.53. The highest BCUT2D eigenvalue weighted by Gasteiger charge is 2.11. The Labute approximate surface area is 150 Å². The molecule has 0 aliphatic heterocycles. The van der Waals surface area contributed by atoms with Crippen molar-refractivity contribution in [1.82, 2.24) is 15.1 Å². The summed E-state index contributed by atoms with van der Waals surface area (Å²) in [6.45, 7) is 5.72. The number of carbonyl (C=O) groups excluding carboxylic acids is 1. The SMILES string of the molecule is Cc1noc(-c2ccnc(SCC(=O)Nc3c(C)cccc3C)c2)n1. The van der Waals surface area contributed by atoms with E-state index in [4.69, 9.17) is 4.52 Å². The van der Waals surface area contributed by atoms with Crippen LogP contribution in [0.15, 0.2) is 46.1 Å². The minimum absolute atomic E-state index is 0.0664. The minimum Gasteiger partial charge on any atom is -0.334 e. The number of pyridine rings is 1. The predicted molar refractivity (Wildman–Crippen MR) is 97.5 cm³/mol. The summed E-state index contributed by atoms with van der Waals surface area (Å²) in [5, 5.41) is 7.48. The van der Waals surface area contributed by atoms with Gasteiger partial charge in [-0.1, -0.05) is 35.1 Å². The quantitative estimate of drug-likeness (QED) is 0.702. The first-order valence-electron chi connectivity index (χ1n) is 7.78. The van der Waals surface area contributed by atoms with E-state index in [1.54, 1.807) is 19.2 Å². The maximum Gasteiger partial charge on any atom is 0.258 e. The molecule has 0 radical (unpaired) electrons. The van der Waals surface area contributed by atoms with Crippen LogP contribution >= 0.6 is 11.8 Å². The number of hydrogen-bond donors (Lipinski definition) is 1. The summed E-state index contributed by atoms with van der Waals surface area (Å²) in [7, 11) is 0. The van der Waals surface area contributed by atoms with E-state index in [-0.39, 0.29) is 11.7 Å². The van der Waals surface area contributed by atoms with Crippen molar-refractivity contribution in [2.75, 3.05) is 11.1 Å². The number of aromatic nitrogens is 3. The van der Waals surface area contributed by atoms with Crippen molar-refractivity contribution < 1.29 is 9.32 Å². The first-order valence-corrected chi connectivity index (χ1v) is 8.77. The Balaban J connectivity index is 1.64. The van der Waals surface area contributed by atoms with Gasteiger partial charge < -0.3 is 9.84 Å². The zero-order valence-electron chi connectivity index (χ0n) is 14.2. The normalized spacial score (nSPS) is 10.7. The van der Waals surface area contributed by atoms with Gasteiger partial charge in [0.2, 0.25) is 5.91 Å². The second-order valence-corrected chi connectivity index (χ2v) is 6.63. The van der Waals surface area contributed by atoms with Crippen molar-refractivity contribution in [3.05, 3.63) is 53.5 Å². The Hall–Kier alpha value is -2.67. The number of anilines is 1. The summed E-state index contributed by atoms with van der Waals surface area (Å²) >= 11 is 1.36. The molecule has 0 fully saturated rings. The molecule has 3 rings (SSSR count). The number of para-hydroxylation sites is 1. The largest absolute Gasteiger partial charge is 0.334 e. The molecule has 0 saturated carbocycles. The fourth-order valence-electron chi connectivity index (χ4n) is 2.36. The Morgan fingerprint density at radius 1 is 1.20 bits per heavy atom. The second kappa shape index (κ2) is 7.48. The summed E-state index contributed by atoms with van der Waals surface area (Å²) in [6.07, 6.45) is 1.67. The Bertz CT molecular complexity index is 887. The van der Waals surface area contributed by atoms with Gasteiger partial charge in [0.05, 0.1) is 10.8 Å². The highest BCUT2D eigenvalue weighted by molar-refractivity contribution is 7.99. The summed E-state index contributed by atoms with van der Waals surface area (Å²) < 4.78 is 5.16. The number of carbonyl (C=O) groups is 1. The number of rotatable bonds is 5. The number of amides is 1. The third kappa shape index (κ3) is 4.24. The zero-order valence-corrected chi connectivity index (χ0v) is 15.1. The lowest BCUT2D eigenvalue weighted by Crippen LogP contribution is -2.15. The molecule has 0 saturated heterocycles. The van der Waals surface area contributed by atoms with Crippen LogP contribution in [0, 0.1) is 20.8 Å². The molecular weight excluding hydrogens is 336 g/mol. The first-order chi connectivity index (χ1) is 12.0. The summed E-state index contributed by atoms with van der Waals surface area (Å²) in [5.41, 5.74) is 3.75. The molecule has 2 heterocycles. The maximum absolute atomic E-state index is 12.2. The van der Waals surface area contributed by atoms with Crippen molar-refractivity contribution in [3.8, 4) is 11.5 Å². The molecule has 3 aromatic rings. The lowest BCUT2D eigenvalue weighted by Gasteiger charge is -2.11. The number of hydrogen-bond acceptors (Lipinski definition) is 6. The van der Waals surface area contributed by atoms with Gasteiger partial charge in [0, 0.05) is 17.4 Å². The van der Waals surface area contributed by atoms with Gasteiger partial charge in [0.15, 0.2) is 5.82 Å².